The summed E-state index contributed by atoms with van der Waals surface area (Å²) in [6, 6.07) is -0.670. The third kappa shape index (κ3) is 2.05. The maximum Gasteiger partial charge on any atom is 0.350 e. The summed E-state index contributed by atoms with van der Waals surface area (Å²) in [5.74, 6) is -0.0157. The number of aliphatic hydroxyl groups is 3. The molecule has 0 aromatic rings. The summed E-state index contributed by atoms with van der Waals surface area (Å²) in [4.78, 5) is 16.1. The molecule has 0 spiro atoms. The summed E-state index contributed by atoms with van der Waals surface area (Å²) >= 11 is 0. The van der Waals surface area contributed by atoms with Crippen molar-refractivity contribution in [3.63, 3.8) is 0 Å². The molecule has 0 bridgehead atoms. The van der Waals surface area contributed by atoms with Crippen molar-refractivity contribution < 1.29 is 24.9 Å². The number of hydrogen-bond acceptors (Lipinski definition) is 7. The highest BCUT2D eigenvalue weighted by atomic mass is 16.6. The second-order valence-corrected chi connectivity index (χ2v) is 3.81. The number of guanidine groups is 1. The van der Waals surface area contributed by atoms with Gasteiger partial charge in [0.1, 0.15) is 18.3 Å². The first-order valence-corrected chi connectivity index (χ1v) is 5.05. The Morgan fingerprint density at radius 2 is 2.24 bits per heavy atom. The molecule has 1 saturated heterocycles. The van der Waals surface area contributed by atoms with Crippen molar-refractivity contribution in [2.75, 3.05) is 13.3 Å². The molecule has 9 nitrogen and oxygen atoms in total. The number of nitrogens with zero attached hydrogens (tertiary/aromatic N) is 2. The van der Waals surface area contributed by atoms with Crippen LogP contribution in [0.5, 0.6) is 0 Å². The fraction of sp³-hybridized carbons (Fsp3) is 0.750. The SMILES string of the molecule is NC1=NC(=O)N([C@@H]2O[C@H](CO)C(O)[C@@H]2O)CN1. The molecular weight excluding hydrogens is 232 g/mol. The van der Waals surface area contributed by atoms with Crippen LogP contribution in [0.25, 0.3) is 0 Å². The lowest BCUT2D eigenvalue weighted by Crippen LogP contribution is -2.55. The van der Waals surface area contributed by atoms with E-state index in [1.807, 2.05) is 0 Å². The Hall–Kier alpha value is -1.42. The Kier molecular flexibility index (Phi) is 3.15. The smallest absolute Gasteiger partial charge is 0.350 e. The number of carbonyl (C=O) groups excluding carboxylic acids is 1. The zero-order chi connectivity index (χ0) is 12.6. The van der Waals surface area contributed by atoms with E-state index in [0.717, 1.165) is 4.90 Å². The second kappa shape index (κ2) is 4.45. The Labute approximate surface area is 96.5 Å². The average molecular weight is 246 g/mol. The Balaban J connectivity index is 2.11. The standard InChI is InChI=1S/C8H14N4O5/c9-7-10-2-12(8(16)11-7)6-5(15)4(14)3(1-13)17-6/h3-6,13-15H,1-2H2,(H3,9,10,11,16)/t3-,4?,5+,6-/m1/s1. The van der Waals surface area contributed by atoms with Gasteiger partial charge in [-0.3, -0.25) is 4.90 Å². The zero-order valence-electron chi connectivity index (χ0n) is 8.85. The molecule has 0 aliphatic carbocycles. The van der Waals surface area contributed by atoms with E-state index < -0.39 is 37.2 Å². The van der Waals surface area contributed by atoms with Gasteiger partial charge in [-0.25, -0.2) is 4.79 Å². The number of hydrogen-bond donors (Lipinski definition) is 5. The third-order valence-electron chi connectivity index (χ3n) is 2.72. The van der Waals surface area contributed by atoms with Crippen LogP contribution in [-0.2, 0) is 4.74 Å². The highest BCUT2D eigenvalue weighted by Gasteiger charge is 2.47. The fourth-order valence-corrected chi connectivity index (χ4v) is 1.78. The van der Waals surface area contributed by atoms with Gasteiger partial charge in [0.05, 0.1) is 13.3 Å². The van der Waals surface area contributed by atoms with Gasteiger partial charge in [-0.2, -0.15) is 4.99 Å². The van der Waals surface area contributed by atoms with Gasteiger partial charge < -0.3 is 31.1 Å². The van der Waals surface area contributed by atoms with E-state index in [2.05, 4.69) is 10.3 Å². The summed E-state index contributed by atoms with van der Waals surface area (Å²) in [6.45, 7) is -0.434. The molecule has 0 aromatic carbocycles. The van der Waals surface area contributed by atoms with Crippen LogP contribution >= 0.6 is 0 Å². The maximum absolute atomic E-state index is 11.5. The summed E-state index contributed by atoms with van der Waals surface area (Å²) < 4.78 is 5.19. The Morgan fingerprint density at radius 3 is 2.76 bits per heavy atom. The largest absolute Gasteiger partial charge is 0.394 e. The molecule has 0 aromatic heterocycles. The van der Waals surface area contributed by atoms with Gasteiger partial charge >= 0.3 is 6.03 Å². The van der Waals surface area contributed by atoms with Crippen molar-refractivity contribution in [3.05, 3.63) is 0 Å². The molecule has 96 valence electrons. The third-order valence-corrected chi connectivity index (χ3v) is 2.72. The lowest BCUT2D eigenvalue weighted by atomic mass is 10.1. The lowest BCUT2D eigenvalue weighted by molar-refractivity contribution is -0.0796. The van der Waals surface area contributed by atoms with E-state index in [-0.39, 0.29) is 12.6 Å². The van der Waals surface area contributed by atoms with Gasteiger partial charge in [-0.1, -0.05) is 0 Å². The molecule has 2 aliphatic rings. The number of carbonyl (C=O) groups is 1. The van der Waals surface area contributed by atoms with Crippen molar-refractivity contribution in [2.45, 2.75) is 24.5 Å². The minimum Gasteiger partial charge on any atom is -0.394 e. The highest BCUT2D eigenvalue weighted by Crippen LogP contribution is 2.24. The Bertz CT molecular complexity index is 349. The molecule has 2 heterocycles. The van der Waals surface area contributed by atoms with Crippen LogP contribution in [-0.4, -0.2) is 70.0 Å². The van der Waals surface area contributed by atoms with Gasteiger partial charge in [0.15, 0.2) is 12.2 Å². The summed E-state index contributed by atoms with van der Waals surface area (Å²) in [5.41, 5.74) is 5.30. The van der Waals surface area contributed by atoms with E-state index >= 15 is 0 Å². The van der Waals surface area contributed by atoms with E-state index in [4.69, 9.17) is 15.6 Å². The van der Waals surface area contributed by atoms with Gasteiger partial charge in [0, 0.05) is 0 Å². The number of nitrogens with two attached hydrogens (primary N) is 1. The molecule has 0 radical (unpaired) electrons. The molecule has 0 saturated carbocycles. The second-order valence-electron chi connectivity index (χ2n) is 3.81. The summed E-state index contributed by atoms with van der Waals surface area (Å²) in [5, 5.41) is 30.8. The molecule has 1 fully saturated rings. The minimum absolute atomic E-state index is 0.0146. The molecule has 4 atom stereocenters. The van der Waals surface area contributed by atoms with Crippen molar-refractivity contribution in [3.8, 4) is 0 Å². The maximum atomic E-state index is 11.5. The zero-order valence-corrected chi connectivity index (χ0v) is 8.85. The quantitative estimate of drug-likeness (QED) is 0.344. The van der Waals surface area contributed by atoms with Gasteiger partial charge in [0.25, 0.3) is 0 Å². The van der Waals surface area contributed by atoms with E-state index in [1.165, 1.54) is 0 Å². The van der Waals surface area contributed by atoms with Crippen molar-refractivity contribution in [1.82, 2.24) is 10.2 Å². The van der Waals surface area contributed by atoms with Gasteiger partial charge in [0.2, 0.25) is 0 Å². The number of aliphatic hydroxyl groups excluding tert-OH is 3. The topological polar surface area (TPSA) is 141 Å². The summed E-state index contributed by atoms with van der Waals surface area (Å²) in [6.07, 6.45) is -4.53. The fourth-order valence-electron chi connectivity index (χ4n) is 1.78. The van der Waals surface area contributed by atoms with Crippen molar-refractivity contribution in [1.29, 1.82) is 0 Å². The van der Waals surface area contributed by atoms with Gasteiger partial charge in [-0.15, -0.1) is 0 Å². The van der Waals surface area contributed by atoms with Crippen LogP contribution in [0.2, 0.25) is 0 Å². The Morgan fingerprint density at radius 1 is 1.53 bits per heavy atom. The number of aliphatic imine (C=N–C) groups is 1. The predicted molar refractivity (Wildman–Crippen MR) is 54.6 cm³/mol. The number of nitrogens with one attached hydrogen (secondary N) is 1. The molecular formula is C8H14N4O5. The van der Waals surface area contributed by atoms with Crippen molar-refractivity contribution >= 4 is 12.0 Å². The van der Waals surface area contributed by atoms with Crippen LogP contribution in [0, 0.1) is 0 Å². The van der Waals surface area contributed by atoms with Crippen LogP contribution < -0.4 is 11.1 Å². The number of amides is 2. The number of ether oxygens (including phenoxy) is 1. The van der Waals surface area contributed by atoms with E-state index in [1.54, 1.807) is 0 Å². The molecule has 2 amide bonds. The minimum atomic E-state index is -1.30. The van der Waals surface area contributed by atoms with Crippen LogP contribution in [0.15, 0.2) is 4.99 Å². The van der Waals surface area contributed by atoms with Crippen LogP contribution in [0.1, 0.15) is 0 Å². The molecule has 17 heavy (non-hydrogen) atoms. The number of urea groups is 1. The van der Waals surface area contributed by atoms with Crippen LogP contribution in [0.3, 0.4) is 0 Å². The monoisotopic (exact) mass is 246 g/mol. The summed E-state index contributed by atoms with van der Waals surface area (Å²) in [7, 11) is 0. The molecule has 2 rings (SSSR count). The molecule has 2 aliphatic heterocycles. The normalized spacial score (nSPS) is 37.9. The average Bonchev–Trinajstić information content (AvgIpc) is 2.57. The molecule has 9 heteroatoms. The van der Waals surface area contributed by atoms with Crippen molar-refractivity contribution in [2.24, 2.45) is 10.7 Å². The highest BCUT2D eigenvalue weighted by molar-refractivity contribution is 5.93. The lowest BCUT2D eigenvalue weighted by Gasteiger charge is -2.31. The van der Waals surface area contributed by atoms with E-state index in [0.29, 0.717) is 0 Å². The molecule has 6 N–H and O–H groups in total. The number of rotatable bonds is 2. The first-order valence-electron chi connectivity index (χ1n) is 5.05. The van der Waals surface area contributed by atoms with Gasteiger partial charge in [-0.05, 0) is 0 Å². The predicted octanol–water partition coefficient (Wildman–Crippen LogP) is -3.28. The first kappa shape index (κ1) is 12.0. The first-order chi connectivity index (χ1) is 8.04. The van der Waals surface area contributed by atoms with E-state index in [9.17, 15) is 15.0 Å². The van der Waals surface area contributed by atoms with Crippen LogP contribution in [0.4, 0.5) is 4.79 Å². The molecule has 1 unspecified atom stereocenters.